The average molecular weight is 259 g/mol. The Balaban J connectivity index is 1.62. The van der Waals surface area contributed by atoms with Crippen LogP contribution in [0.1, 0.15) is 12.8 Å². The molecule has 0 amide bonds. The normalized spacial score (nSPS) is 16.6. The molecule has 2 heterocycles. The van der Waals surface area contributed by atoms with Crippen LogP contribution in [-0.4, -0.2) is 31.1 Å². The van der Waals surface area contributed by atoms with Crippen LogP contribution < -0.4 is 4.74 Å². The number of hydrogen-bond donors (Lipinski definition) is 0. The van der Waals surface area contributed by atoms with Gasteiger partial charge in [0.05, 0.1) is 25.3 Å². The molecule has 0 saturated carbocycles. The van der Waals surface area contributed by atoms with Gasteiger partial charge in [-0.2, -0.15) is 0 Å². The summed E-state index contributed by atoms with van der Waals surface area (Å²) in [6, 6.07) is 9.84. The van der Waals surface area contributed by atoms with Gasteiger partial charge >= 0.3 is 0 Å². The van der Waals surface area contributed by atoms with Crippen LogP contribution >= 0.6 is 0 Å². The van der Waals surface area contributed by atoms with Gasteiger partial charge in [0.15, 0.2) is 6.29 Å². The number of rotatable bonds is 4. The SMILES string of the molecule is c1cc(OCCC2OCCCO2)c2cccnc2c1. The molecule has 4 heteroatoms. The van der Waals surface area contributed by atoms with Crippen molar-refractivity contribution in [2.45, 2.75) is 19.1 Å². The smallest absolute Gasteiger partial charge is 0.160 e. The Morgan fingerprint density at radius 3 is 2.95 bits per heavy atom. The van der Waals surface area contributed by atoms with Gasteiger partial charge in [0.1, 0.15) is 5.75 Å². The number of pyridine rings is 1. The van der Waals surface area contributed by atoms with E-state index in [1.165, 1.54) is 0 Å². The Kier molecular flexibility index (Phi) is 3.91. The van der Waals surface area contributed by atoms with Crippen LogP contribution in [-0.2, 0) is 9.47 Å². The molecule has 0 bridgehead atoms. The molecule has 3 rings (SSSR count). The summed E-state index contributed by atoms with van der Waals surface area (Å²) in [7, 11) is 0. The van der Waals surface area contributed by atoms with Crippen LogP contribution in [0.5, 0.6) is 5.75 Å². The summed E-state index contributed by atoms with van der Waals surface area (Å²) in [5, 5.41) is 1.04. The average Bonchev–Trinajstić information content (AvgIpc) is 2.49. The second-order valence-electron chi connectivity index (χ2n) is 4.49. The summed E-state index contributed by atoms with van der Waals surface area (Å²) in [5.74, 6) is 0.862. The van der Waals surface area contributed by atoms with Crippen LogP contribution in [0.4, 0.5) is 0 Å². The number of benzene rings is 1. The summed E-state index contributed by atoms with van der Waals surface area (Å²) < 4.78 is 16.8. The van der Waals surface area contributed by atoms with E-state index in [0.29, 0.717) is 6.61 Å². The highest BCUT2D eigenvalue weighted by molar-refractivity contribution is 5.84. The lowest BCUT2D eigenvalue weighted by molar-refractivity contribution is -0.183. The fraction of sp³-hybridized carbons (Fsp3) is 0.400. The van der Waals surface area contributed by atoms with E-state index in [1.807, 2.05) is 30.3 Å². The second kappa shape index (κ2) is 5.99. The van der Waals surface area contributed by atoms with Gasteiger partial charge in [-0.25, -0.2) is 0 Å². The van der Waals surface area contributed by atoms with E-state index in [1.54, 1.807) is 6.20 Å². The first kappa shape index (κ1) is 12.4. The maximum atomic E-state index is 5.82. The van der Waals surface area contributed by atoms with Crippen LogP contribution in [0.2, 0.25) is 0 Å². The third-order valence-corrected chi connectivity index (χ3v) is 3.11. The molecule has 2 aromatic rings. The third-order valence-electron chi connectivity index (χ3n) is 3.11. The Bertz CT molecular complexity index is 532. The number of aromatic nitrogens is 1. The first-order chi connectivity index (χ1) is 9.43. The lowest BCUT2D eigenvalue weighted by Crippen LogP contribution is -2.26. The first-order valence-electron chi connectivity index (χ1n) is 6.63. The highest BCUT2D eigenvalue weighted by Crippen LogP contribution is 2.24. The Morgan fingerprint density at radius 2 is 2.05 bits per heavy atom. The lowest BCUT2D eigenvalue weighted by Gasteiger charge is -2.23. The fourth-order valence-electron chi connectivity index (χ4n) is 2.17. The Hall–Kier alpha value is -1.65. The molecule has 0 radical (unpaired) electrons. The zero-order valence-corrected chi connectivity index (χ0v) is 10.7. The van der Waals surface area contributed by atoms with E-state index >= 15 is 0 Å². The second-order valence-corrected chi connectivity index (χ2v) is 4.49. The topological polar surface area (TPSA) is 40.6 Å². The largest absolute Gasteiger partial charge is 0.493 e. The maximum absolute atomic E-state index is 5.82. The summed E-state index contributed by atoms with van der Waals surface area (Å²) in [5.41, 5.74) is 0.949. The number of ether oxygens (including phenoxy) is 3. The molecule has 0 unspecified atom stereocenters. The molecule has 19 heavy (non-hydrogen) atoms. The standard InChI is InChI=1S/C15H17NO3/c1-5-13-12(4-2-8-16-13)14(6-1)17-11-7-15-18-9-3-10-19-15/h1-2,4-6,8,15H,3,7,9-11H2. The molecule has 0 atom stereocenters. The molecule has 1 aromatic carbocycles. The minimum Gasteiger partial charge on any atom is -0.493 e. The van der Waals surface area contributed by atoms with Gasteiger partial charge in [0.2, 0.25) is 0 Å². The molecule has 1 aliphatic heterocycles. The van der Waals surface area contributed by atoms with Crippen molar-refractivity contribution in [3.05, 3.63) is 36.5 Å². The van der Waals surface area contributed by atoms with Gasteiger partial charge < -0.3 is 14.2 Å². The summed E-state index contributed by atoms with van der Waals surface area (Å²) in [4.78, 5) is 4.31. The van der Waals surface area contributed by atoms with Crippen molar-refractivity contribution in [1.82, 2.24) is 4.98 Å². The molecule has 1 aliphatic rings. The number of hydrogen-bond acceptors (Lipinski definition) is 4. The van der Waals surface area contributed by atoms with E-state index in [9.17, 15) is 0 Å². The predicted molar refractivity (Wildman–Crippen MR) is 72.2 cm³/mol. The Labute approximate surface area is 112 Å². The monoisotopic (exact) mass is 259 g/mol. The van der Waals surface area contributed by atoms with E-state index in [0.717, 1.165) is 42.7 Å². The molecular formula is C15H17NO3. The summed E-state index contributed by atoms with van der Waals surface area (Å²) in [6.45, 7) is 2.14. The van der Waals surface area contributed by atoms with E-state index in [4.69, 9.17) is 14.2 Å². The zero-order valence-electron chi connectivity index (χ0n) is 10.7. The lowest BCUT2D eigenvalue weighted by atomic mass is 10.2. The maximum Gasteiger partial charge on any atom is 0.160 e. The van der Waals surface area contributed by atoms with E-state index in [-0.39, 0.29) is 6.29 Å². The molecule has 0 spiro atoms. The fourth-order valence-corrected chi connectivity index (χ4v) is 2.17. The molecule has 1 aromatic heterocycles. The van der Waals surface area contributed by atoms with Crippen LogP contribution in [0.15, 0.2) is 36.5 Å². The van der Waals surface area contributed by atoms with Gasteiger partial charge in [-0.15, -0.1) is 0 Å². The third kappa shape index (κ3) is 3.03. The Morgan fingerprint density at radius 1 is 1.16 bits per heavy atom. The molecule has 1 fully saturated rings. The van der Waals surface area contributed by atoms with Crippen molar-refractivity contribution in [3.8, 4) is 5.75 Å². The summed E-state index contributed by atoms with van der Waals surface area (Å²) in [6.07, 6.45) is 3.39. The van der Waals surface area contributed by atoms with E-state index in [2.05, 4.69) is 4.98 Å². The number of fused-ring (bicyclic) bond motifs is 1. The van der Waals surface area contributed by atoms with Crippen molar-refractivity contribution in [2.75, 3.05) is 19.8 Å². The minimum absolute atomic E-state index is 0.123. The van der Waals surface area contributed by atoms with Gasteiger partial charge in [-0.3, -0.25) is 4.98 Å². The van der Waals surface area contributed by atoms with Crippen molar-refractivity contribution >= 4 is 10.9 Å². The van der Waals surface area contributed by atoms with Crippen molar-refractivity contribution in [1.29, 1.82) is 0 Å². The van der Waals surface area contributed by atoms with Gasteiger partial charge in [-0.1, -0.05) is 6.07 Å². The van der Waals surface area contributed by atoms with Crippen molar-refractivity contribution in [3.63, 3.8) is 0 Å². The molecule has 100 valence electrons. The molecular weight excluding hydrogens is 242 g/mol. The first-order valence-corrected chi connectivity index (χ1v) is 6.63. The zero-order chi connectivity index (χ0) is 12.9. The van der Waals surface area contributed by atoms with Crippen molar-refractivity contribution < 1.29 is 14.2 Å². The molecule has 0 N–H and O–H groups in total. The minimum atomic E-state index is -0.123. The van der Waals surface area contributed by atoms with Crippen molar-refractivity contribution in [2.24, 2.45) is 0 Å². The van der Waals surface area contributed by atoms with Gasteiger partial charge in [0, 0.05) is 18.0 Å². The van der Waals surface area contributed by atoms with Gasteiger partial charge in [0.25, 0.3) is 0 Å². The van der Waals surface area contributed by atoms with E-state index < -0.39 is 0 Å². The molecule has 0 aliphatic carbocycles. The molecule has 4 nitrogen and oxygen atoms in total. The highest BCUT2D eigenvalue weighted by atomic mass is 16.7. The molecule has 1 saturated heterocycles. The number of nitrogens with zero attached hydrogens (tertiary/aromatic N) is 1. The summed E-state index contributed by atoms with van der Waals surface area (Å²) >= 11 is 0. The quantitative estimate of drug-likeness (QED) is 0.846. The van der Waals surface area contributed by atoms with Crippen LogP contribution in [0.25, 0.3) is 10.9 Å². The van der Waals surface area contributed by atoms with Crippen LogP contribution in [0.3, 0.4) is 0 Å². The van der Waals surface area contributed by atoms with Gasteiger partial charge in [-0.05, 0) is 30.7 Å². The highest BCUT2D eigenvalue weighted by Gasteiger charge is 2.14. The predicted octanol–water partition coefficient (Wildman–Crippen LogP) is 2.77. The van der Waals surface area contributed by atoms with Crippen LogP contribution in [0, 0.1) is 0 Å².